The van der Waals surface area contributed by atoms with Crippen molar-refractivity contribution < 1.29 is 4.79 Å². The fraction of sp³-hybridized carbons (Fsp3) is 0.571. The van der Waals surface area contributed by atoms with Gasteiger partial charge >= 0.3 is 0 Å². The van der Waals surface area contributed by atoms with Crippen LogP contribution in [0.5, 0.6) is 0 Å². The predicted octanol–water partition coefficient (Wildman–Crippen LogP) is 2.33. The van der Waals surface area contributed by atoms with Gasteiger partial charge < -0.3 is 0 Å². The van der Waals surface area contributed by atoms with Crippen molar-refractivity contribution in [2.24, 2.45) is 0 Å². The number of nitrogens with zero attached hydrogens (tertiary/aromatic N) is 2. The summed E-state index contributed by atoms with van der Waals surface area (Å²) in [6.07, 6.45) is 2.49. The third kappa shape index (κ3) is 3.13. The Labute approximate surface area is 103 Å². The Kier molecular flexibility index (Phi) is 3.89. The summed E-state index contributed by atoms with van der Waals surface area (Å²) in [5.74, 6) is 0.408. The molecular formula is C14H20N2O. The molecule has 1 aromatic rings. The molecule has 92 valence electrons. The first-order valence-electron chi connectivity index (χ1n) is 6.37. The quantitative estimate of drug-likeness (QED) is 0.799. The summed E-state index contributed by atoms with van der Waals surface area (Å²) in [5.41, 5.74) is 2.16. The van der Waals surface area contributed by atoms with E-state index in [0.717, 1.165) is 43.7 Å². The first-order chi connectivity index (χ1) is 8.19. The van der Waals surface area contributed by atoms with Crippen LogP contribution in [0.15, 0.2) is 18.2 Å². The van der Waals surface area contributed by atoms with E-state index in [1.165, 1.54) is 0 Å². The minimum absolute atomic E-state index is 0.408. The largest absolute Gasteiger partial charge is 0.300 e. The lowest BCUT2D eigenvalue weighted by Crippen LogP contribution is -2.33. The van der Waals surface area contributed by atoms with Crippen LogP contribution in [-0.4, -0.2) is 28.3 Å². The van der Waals surface area contributed by atoms with Gasteiger partial charge in [-0.1, -0.05) is 13.0 Å². The van der Waals surface area contributed by atoms with Crippen molar-refractivity contribution in [2.45, 2.75) is 45.7 Å². The lowest BCUT2D eigenvalue weighted by Gasteiger charge is -2.26. The number of aryl methyl sites for hydroxylation is 1. The van der Waals surface area contributed by atoms with Crippen LogP contribution in [0.4, 0.5) is 0 Å². The van der Waals surface area contributed by atoms with Crippen LogP contribution >= 0.6 is 0 Å². The van der Waals surface area contributed by atoms with E-state index in [9.17, 15) is 4.79 Å². The van der Waals surface area contributed by atoms with Gasteiger partial charge in [0.15, 0.2) is 0 Å². The number of ketones is 1. The van der Waals surface area contributed by atoms with Gasteiger partial charge in [0.05, 0.1) is 5.69 Å². The van der Waals surface area contributed by atoms with Gasteiger partial charge in [-0.05, 0) is 32.0 Å². The molecule has 1 aliphatic rings. The number of rotatable bonds is 4. The Balaban J connectivity index is 2.02. The molecule has 1 unspecified atom stereocenters. The highest BCUT2D eigenvalue weighted by atomic mass is 16.1. The molecule has 3 nitrogen and oxygen atoms in total. The van der Waals surface area contributed by atoms with Crippen LogP contribution in [-0.2, 0) is 11.3 Å². The molecule has 1 heterocycles. The molecule has 17 heavy (non-hydrogen) atoms. The molecule has 0 radical (unpaired) electrons. The van der Waals surface area contributed by atoms with E-state index in [-0.39, 0.29) is 0 Å². The van der Waals surface area contributed by atoms with Gasteiger partial charge in [-0.15, -0.1) is 0 Å². The van der Waals surface area contributed by atoms with Crippen molar-refractivity contribution in [3.05, 3.63) is 29.6 Å². The third-order valence-corrected chi connectivity index (χ3v) is 3.45. The van der Waals surface area contributed by atoms with E-state index >= 15 is 0 Å². The Morgan fingerprint density at radius 3 is 2.88 bits per heavy atom. The molecule has 2 rings (SSSR count). The van der Waals surface area contributed by atoms with Gasteiger partial charge in [0, 0.05) is 31.1 Å². The topological polar surface area (TPSA) is 33.2 Å². The number of aromatic nitrogens is 1. The van der Waals surface area contributed by atoms with Crippen LogP contribution in [0.1, 0.15) is 37.6 Å². The van der Waals surface area contributed by atoms with Crippen molar-refractivity contribution in [3.63, 3.8) is 0 Å². The van der Waals surface area contributed by atoms with E-state index in [1.807, 2.05) is 19.1 Å². The number of carbonyl (C=O) groups is 1. The fourth-order valence-corrected chi connectivity index (χ4v) is 2.50. The van der Waals surface area contributed by atoms with Crippen LogP contribution in [0.25, 0.3) is 0 Å². The number of carbonyl (C=O) groups excluding carboxylic acids is 1. The Morgan fingerprint density at radius 2 is 2.29 bits per heavy atom. The van der Waals surface area contributed by atoms with Crippen molar-refractivity contribution in [3.8, 4) is 0 Å². The second-order valence-electron chi connectivity index (χ2n) is 4.77. The highest BCUT2D eigenvalue weighted by Crippen LogP contribution is 2.22. The molecule has 1 aliphatic carbocycles. The SMILES string of the molecule is CCN(Cc1cccc(C)n1)C1CCC(=O)C1. The zero-order valence-corrected chi connectivity index (χ0v) is 10.6. The molecule has 0 spiro atoms. The van der Waals surface area contributed by atoms with Gasteiger partial charge in [0.1, 0.15) is 5.78 Å². The van der Waals surface area contributed by atoms with E-state index in [4.69, 9.17) is 0 Å². The molecule has 0 N–H and O–H groups in total. The zero-order chi connectivity index (χ0) is 12.3. The summed E-state index contributed by atoms with van der Waals surface area (Å²) in [6, 6.07) is 6.55. The predicted molar refractivity (Wildman–Crippen MR) is 67.7 cm³/mol. The van der Waals surface area contributed by atoms with E-state index in [1.54, 1.807) is 0 Å². The lowest BCUT2D eigenvalue weighted by atomic mass is 10.2. The molecule has 3 heteroatoms. The lowest BCUT2D eigenvalue weighted by molar-refractivity contribution is -0.117. The number of hydrogen-bond acceptors (Lipinski definition) is 3. The second kappa shape index (κ2) is 5.41. The summed E-state index contributed by atoms with van der Waals surface area (Å²) < 4.78 is 0. The van der Waals surface area contributed by atoms with Crippen molar-refractivity contribution in [2.75, 3.05) is 6.54 Å². The molecule has 1 aromatic heterocycles. The van der Waals surface area contributed by atoms with Gasteiger partial charge in [-0.25, -0.2) is 0 Å². The number of hydrogen-bond donors (Lipinski definition) is 0. The highest BCUT2D eigenvalue weighted by Gasteiger charge is 2.26. The molecule has 1 atom stereocenters. The second-order valence-corrected chi connectivity index (χ2v) is 4.77. The van der Waals surface area contributed by atoms with Crippen molar-refractivity contribution in [1.29, 1.82) is 0 Å². The third-order valence-electron chi connectivity index (χ3n) is 3.45. The highest BCUT2D eigenvalue weighted by molar-refractivity contribution is 5.81. The minimum atomic E-state index is 0.408. The van der Waals surface area contributed by atoms with Crippen LogP contribution in [0.2, 0.25) is 0 Å². The molecule has 0 amide bonds. The maximum Gasteiger partial charge on any atom is 0.134 e. The first kappa shape index (κ1) is 12.2. The molecule has 0 aliphatic heterocycles. The fourth-order valence-electron chi connectivity index (χ4n) is 2.50. The zero-order valence-electron chi connectivity index (χ0n) is 10.6. The Bertz CT molecular complexity index is 403. The maximum absolute atomic E-state index is 11.3. The maximum atomic E-state index is 11.3. The van der Waals surface area contributed by atoms with Crippen LogP contribution < -0.4 is 0 Å². The summed E-state index contributed by atoms with van der Waals surface area (Å²) >= 11 is 0. The standard InChI is InChI=1S/C14H20N2O/c1-3-16(13-7-8-14(17)9-13)10-12-6-4-5-11(2)15-12/h4-6,13H,3,7-10H2,1-2H3. The van der Waals surface area contributed by atoms with E-state index in [2.05, 4.69) is 22.9 Å². The number of Topliss-reactive ketones (excluding diaryl/α,β-unsaturated/α-hetero) is 1. The summed E-state index contributed by atoms with van der Waals surface area (Å²) in [4.78, 5) is 18.2. The van der Waals surface area contributed by atoms with Gasteiger partial charge in [-0.3, -0.25) is 14.7 Å². The molecule has 1 fully saturated rings. The minimum Gasteiger partial charge on any atom is -0.300 e. The van der Waals surface area contributed by atoms with Crippen molar-refractivity contribution in [1.82, 2.24) is 9.88 Å². The summed E-state index contributed by atoms with van der Waals surface area (Å²) in [5, 5.41) is 0. The molecule has 1 saturated carbocycles. The Hall–Kier alpha value is -1.22. The monoisotopic (exact) mass is 232 g/mol. The molecular weight excluding hydrogens is 212 g/mol. The van der Waals surface area contributed by atoms with Crippen LogP contribution in [0, 0.1) is 6.92 Å². The van der Waals surface area contributed by atoms with Gasteiger partial charge in [0.2, 0.25) is 0 Å². The smallest absolute Gasteiger partial charge is 0.134 e. The average Bonchev–Trinajstić information content (AvgIpc) is 2.73. The van der Waals surface area contributed by atoms with Gasteiger partial charge in [0.25, 0.3) is 0 Å². The molecule has 0 aromatic carbocycles. The van der Waals surface area contributed by atoms with E-state index in [0.29, 0.717) is 11.8 Å². The normalized spacial score (nSPS) is 20.2. The average molecular weight is 232 g/mol. The van der Waals surface area contributed by atoms with Gasteiger partial charge in [-0.2, -0.15) is 0 Å². The van der Waals surface area contributed by atoms with E-state index < -0.39 is 0 Å². The number of pyridine rings is 1. The summed E-state index contributed by atoms with van der Waals surface area (Å²) in [6.45, 7) is 6.00. The summed E-state index contributed by atoms with van der Waals surface area (Å²) in [7, 11) is 0. The first-order valence-corrected chi connectivity index (χ1v) is 6.37. The van der Waals surface area contributed by atoms with Crippen LogP contribution in [0.3, 0.4) is 0 Å². The van der Waals surface area contributed by atoms with Crippen molar-refractivity contribution >= 4 is 5.78 Å². The Morgan fingerprint density at radius 1 is 1.47 bits per heavy atom. The molecule has 0 saturated heterocycles. The molecule has 0 bridgehead atoms.